The van der Waals surface area contributed by atoms with Crippen LogP contribution in [0.25, 0.3) is 10.9 Å². The van der Waals surface area contributed by atoms with Gasteiger partial charge < -0.3 is 10.1 Å². The number of carbonyl (C=O) groups excluding carboxylic acids is 1. The highest BCUT2D eigenvalue weighted by molar-refractivity contribution is 7.98. The lowest BCUT2D eigenvalue weighted by Gasteiger charge is -2.11. The first-order chi connectivity index (χ1) is 14.6. The molecule has 0 spiro atoms. The minimum Gasteiger partial charge on any atom is -0.468 e. The van der Waals surface area contributed by atoms with Crippen LogP contribution in [0.2, 0.25) is 0 Å². The minimum absolute atomic E-state index is 0.187. The van der Waals surface area contributed by atoms with E-state index in [1.54, 1.807) is 18.2 Å². The quantitative estimate of drug-likeness (QED) is 0.264. The third-order valence-corrected chi connectivity index (χ3v) is 6.08. The maximum absolute atomic E-state index is 12.9. The van der Waals surface area contributed by atoms with Crippen molar-refractivity contribution in [3.63, 3.8) is 0 Å². The highest BCUT2D eigenvalue weighted by Gasteiger charge is 2.15. The Labute approximate surface area is 180 Å². The van der Waals surface area contributed by atoms with E-state index in [1.165, 1.54) is 34.8 Å². The van der Waals surface area contributed by atoms with E-state index in [2.05, 4.69) is 15.3 Å². The standard InChI is InChI=1S/C21H18N4O3S2/c1-28-18(26)11-25-19(27)16-9-5-6-10-17(16)24-21(25)30-13-15-12-29-20(23-15)22-14-7-3-2-4-8-14/h2-10,12H,11,13H2,1H3,(H,22,23). The SMILES string of the molecule is COC(=O)Cn1c(SCc2csc(Nc3ccccc3)n2)nc2ccccc2c1=O. The second-order valence-corrected chi connectivity index (χ2v) is 8.10. The lowest BCUT2D eigenvalue weighted by atomic mass is 10.2. The molecule has 4 aromatic rings. The van der Waals surface area contributed by atoms with Crippen LogP contribution in [0.15, 0.2) is 69.9 Å². The van der Waals surface area contributed by atoms with Crippen LogP contribution in [-0.4, -0.2) is 27.6 Å². The number of hydrogen-bond donors (Lipinski definition) is 1. The number of esters is 1. The van der Waals surface area contributed by atoms with Gasteiger partial charge in [0.2, 0.25) is 0 Å². The van der Waals surface area contributed by atoms with Crippen molar-refractivity contribution in [3.05, 3.63) is 76.0 Å². The van der Waals surface area contributed by atoms with Crippen LogP contribution in [0, 0.1) is 0 Å². The summed E-state index contributed by atoms with van der Waals surface area (Å²) in [6, 6.07) is 16.9. The molecule has 4 rings (SSSR count). The molecule has 9 heteroatoms. The molecule has 0 bridgehead atoms. The largest absolute Gasteiger partial charge is 0.468 e. The van der Waals surface area contributed by atoms with E-state index >= 15 is 0 Å². The third kappa shape index (κ3) is 4.52. The van der Waals surface area contributed by atoms with E-state index in [0.29, 0.717) is 21.8 Å². The zero-order valence-corrected chi connectivity index (χ0v) is 17.7. The highest BCUT2D eigenvalue weighted by atomic mass is 32.2. The zero-order chi connectivity index (χ0) is 20.9. The number of ether oxygens (including phenoxy) is 1. The number of hydrogen-bond acceptors (Lipinski definition) is 8. The summed E-state index contributed by atoms with van der Waals surface area (Å²) >= 11 is 2.87. The van der Waals surface area contributed by atoms with Gasteiger partial charge in [-0.3, -0.25) is 14.2 Å². The monoisotopic (exact) mass is 438 g/mol. The third-order valence-electron chi connectivity index (χ3n) is 4.27. The van der Waals surface area contributed by atoms with Gasteiger partial charge in [-0.05, 0) is 24.3 Å². The number of rotatable bonds is 7. The lowest BCUT2D eigenvalue weighted by Crippen LogP contribution is -2.27. The number of benzene rings is 2. The fourth-order valence-electron chi connectivity index (χ4n) is 2.81. The molecule has 0 radical (unpaired) electrons. The molecule has 0 saturated heterocycles. The van der Waals surface area contributed by atoms with Crippen molar-refractivity contribution in [2.75, 3.05) is 12.4 Å². The maximum Gasteiger partial charge on any atom is 0.325 e. The molecule has 0 amide bonds. The number of anilines is 2. The zero-order valence-electron chi connectivity index (χ0n) is 16.1. The Bertz CT molecular complexity index is 1240. The van der Waals surface area contributed by atoms with E-state index in [4.69, 9.17) is 4.74 Å². The Kier molecular flexibility index (Phi) is 6.10. The first-order valence-corrected chi connectivity index (χ1v) is 11.0. The van der Waals surface area contributed by atoms with Gasteiger partial charge in [-0.25, -0.2) is 9.97 Å². The summed E-state index contributed by atoms with van der Waals surface area (Å²) in [6.45, 7) is -0.187. The van der Waals surface area contributed by atoms with Crippen LogP contribution < -0.4 is 10.9 Å². The van der Waals surface area contributed by atoms with Crippen molar-refractivity contribution in [1.29, 1.82) is 0 Å². The Morgan fingerprint density at radius 3 is 2.70 bits per heavy atom. The van der Waals surface area contributed by atoms with Crippen LogP contribution in [-0.2, 0) is 21.8 Å². The molecule has 0 aliphatic carbocycles. The van der Waals surface area contributed by atoms with Crippen molar-refractivity contribution in [2.24, 2.45) is 0 Å². The number of aromatic nitrogens is 3. The molecule has 2 heterocycles. The van der Waals surface area contributed by atoms with Crippen LogP contribution in [0.1, 0.15) is 5.69 Å². The Hall–Kier alpha value is -3.17. The Morgan fingerprint density at radius 1 is 1.13 bits per heavy atom. The molecule has 1 N–H and O–H groups in total. The molecule has 0 atom stereocenters. The molecule has 0 aliphatic heterocycles. The molecule has 0 aliphatic rings. The van der Waals surface area contributed by atoms with Gasteiger partial charge in [0.25, 0.3) is 5.56 Å². The molecule has 2 aromatic heterocycles. The molecule has 7 nitrogen and oxygen atoms in total. The van der Waals surface area contributed by atoms with E-state index in [1.807, 2.05) is 41.8 Å². The number of fused-ring (bicyclic) bond motifs is 1. The van der Waals surface area contributed by atoms with E-state index in [0.717, 1.165) is 16.5 Å². The summed E-state index contributed by atoms with van der Waals surface area (Å²) in [4.78, 5) is 33.9. The summed E-state index contributed by atoms with van der Waals surface area (Å²) in [7, 11) is 1.30. The van der Waals surface area contributed by atoms with Crippen molar-refractivity contribution < 1.29 is 9.53 Å². The first-order valence-electron chi connectivity index (χ1n) is 9.09. The molecule has 0 unspecified atom stereocenters. The molecular weight excluding hydrogens is 420 g/mol. The highest BCUT2D eigenvalue weighted by Crippen LogP contribution is 2.26. The molecule has 152 valence electrons. The minimum atomic E-state index is -0.501. The predicted molar refractivity (Wildman–Crippen MR) is 119 cm³/mol. The second-order valence-electron chi connectivity index (χ2n) is 6.30. The smallest absolute Gasteiger partial charge is 0.325 e. The summed E-state index contributed by atoms with van der Waals surface area (Å²) in [5.41, 5.74) is 2.15. The maximum atomic E-state index is 12.9. The number of thioether (sulfide) groups is 1. The predicted octanol–water partition coefficient (Wildman–Crippen LogP) is 4.06. The fourth-order valence-corrected chi connectivity index (χ4v) is 4.53. The average molecular weight is 439 g/mol. The summed E-state index contributed by atoms with van der Waals surface area (Å²) in [5, 5.41) is 6.93. The van der Waals surface area contributed by atoms with E-state index < -0.39 is 5.97 Å². The fraction of sp³-hybridized carbons (Fsp3) is 0.143. The van der Waals surface area contributed by atoms with Gasteiger partial charge in [-0.2, -0.15) is 0 Å². The molecule has 0 fully saturated rings. The van der Waals surface area contributed by atoms with Gasteiger partial charge in [0.05, 0.1) is 23.7 Å². The van der Waals surface area contributed by atoms with Crippen LogP contribution in [0.5, 0.6) is 0 Å². The summed E-state index contributed by atoms with van der Waals surface area (Å²) < 4.78 is 6.10. The van der Waals surface area contributed by atoms with Gasteiger partial charge in [0.1, 0.15) is 6.54 Å². The van der Waals surface area contributed by atoms with Crippen molar-refractivity contribution in [3.8, 4) is 0 Å². The van der Waals surface area contributed by atoms with Gasteiger partial charge >= 0.3 is 5.97 Å². The summed E-state index contributed by atoms with van der Waals surface area (Å²) in [5.74, 6) is 0.0119. The van der Waals surface area contributed by atoms with Crippen molar-refractivity contribution >= 4 is 50.8 Å². The Morgan fingerprint density at radius 2 is 1.90 bits per heavy atom. The second kappa shape index (κ2) is 9.10. The van der Waals surface area contributed by atoms with Gasteiger partial charge in [0.15, 0.2) is 10.3 Å². The lowest BCUT2D eigenvalue weighted by molar-refractivity contribution is -0.141. The number of nitrogens with zero attached hydrogens (tertiary/aromatic N) is 3. The first kappa shape index (κ1) is 20.1. The number of para-hydroxylation sites is 2. The number of thiazole rings is 1. The van der Waals surface area contributed by atoms with Crippen LogP contribution >= 0.6 is 23.1 Å². The summed E-state index contributed by atoms with van der Waals surface area (Å²) in [6.07, 6.45) is 0. The normalized spacial score (nSPS) is 10.8. The Balaban J connectivity index is 1.57. The number of methoxy groups -OCH3 is 1. The molecule has 2 aromatic carbocycles. The molecule has 0 saturated carbocycles. The van der Waals surface area contributed by atoms with Crippen LogP contribution in [0.3, 0.4) is 0 Å². The van der Waals surface area contributed by atoms with E-state index in [-0.39, 0.29) is 12.1 Å². The van der Waals surface area contributed by atoms with Crippen molar-refractivity contribution in [2.45, 2.75) is 17.5 Å². The molecule has 30 heavy (non-hydrogen) atoms. The average Bonchev–Trinajstić information content (AvgIpc) is 3.22. The number of nitrogens with one attached hydrogen (secondary N) is 1. The number of carbonyl (C=O) groups is 1. The van der Waals surface area contributed by atoms with Crippen LogP contribution in [0.4, 0.5) is 10.8 Å². The molecular formula is C21H18N4O3S2. The van der Waals surface area contributed by atoms with E-state index in [9.17, 15) is 9.59 Å². The van der Waals surface area contributed by atoms with Gasteiger partial charge in [-0.15, -0.1) is 11.3 Å². The topological polar surface area (TPSA) is 86.1 Å². The van der Waals surface area contributed by atoms with Gasteiger partial charge in [0, 0.05) is 16.8 Å². The van der Waals surface area contributed by atoms with Gasteiger partial charge in [-0.1, -0.05) is 42.1 Å². The van der Waals surface area contributed by atoms with Crippen molar-refractivity contribution in [1.82, 2.24) is 14.5 Å².